The Morgan fingerprint density at radius 1 is 1.07 bits per heavy atom. The molecule has 10 nitrogen and oxygen atoms in total. The van der Waals surface area contributed by atoms with Gasteiger partial charge < -0.3 is 15.4 Å². The Kier molecular flexibility index (Phi) is 8.45. The molecule has 13 heteroatoms. The quantitative estimate of drug-likeness (QED) is 0.327. The fourth-order valence-corrected chi connectivity index (χ4v) is 7.94. The Bertz CT molecular complexity index is 1720. The predicted molar refractivity (Wildman–Crippen MR) is 166 cm³/mol. The summed E-state index contributed by atoms with van der Waals surface area (Å²) in [5, 5.41) is 6.01. The number of sulfone groups is 1. The average Bonchev–Trinajstić information content (AvgIpc) is 3.31. The maximum absolute atomic E-state index is 12.9. The summed E-state index contributed by atoms with van der Waals surface area (Å²) < 4.78 is 57.8. The van der Waals surface area contributed by atoms with Crippen LogP contribution in [-0.4, -0.2) is 61.8 Å². The highest BCUT2D eigenvalue weighted by molar-refractivity contribution is 7.92. The van der Waals surface area contributed by atoms with Crippen LogP contribution in [0.4, 0.5) is 23.1 Å². The molecule has 226 valence electrons. The number of halogens is 1. The molecule has 3 heterocycles. The number of sulfonamides is 1. The first-order valence-electron chi connectivity index (χ1n) is 13.9. The molecular formula is C29H36ClN5O5S2. The van der Waals surface area contributed by atoms with Crippen LogP contribution in [0.5, 0.6) is 5.75 Å². The number of fused-ring (bicyclic) bond motifs is 1. The second-order valence-corrected chi connectivity index (χ2v) is 16.1. The Balaban J connectivity index is 1.44. The lowest BCUT2D eigenvalue weighted by Gasteiger charge is -2.32. The van der Waals surface area contributed by atoms with Crippen molar-refractivity contribution in [3.05, 3.63) is 58.2 Å². The van der Waals surface area contributed by atoms with Crippen molar-refractivity contribution in [1.82, 2.24) is 14.3 Å². The zero-order valence-electron chi connectivity index (χ0n) is 24.3. The molecule has 0 spiro atoms. The van der Waals surface area contributed by atoms with Gasteiger partial charge in [0.05, 0.1) is 34.0 Å². The van der Waals surface area contributed by atoms with Crippen molar-refractivity contribution in [1.29, 1.82) is 0 Å². The van der Waals surface area contributed by atoms with Crippen LogP contribution in [0.3, 0.4) is 0 Å². The standard InChI is InChI=1S/C29H36ClN5O5S2/c1-17(2)42(38,39)25-9-7-6-8-23(25)32-28-22(30)16-31-29(34-28)33-24-14-18(3)26(21-15-19(4)40-27(21)24)20-10-12-35(13-11-20)41(5,36)37/h6-9,14,16-17,19-20H,10-13,15H2,1-5H3,(H2,31,32,33,34)/t19-/m1/s1. The number of nitrogens with one attached hydrogen (secondary N) is 2. The summed E-state index contributed by atoms with van der Waals surface area (Å²) in [5.41, 5.74) is 4.54. The Labute approximate surface area is 252 Å². The van der Waals surface area contributed by atoms with E-state index in [-0.39, 0.29) is 33.7 Å². The summed E-state index contributed by atoms with van der Waals surface area (Å²) in [4.78, 5) is 9.10. The predicted octanol–water partition coefficient (Wildman–Crippen LogP) is 5.57. The van der Waals surface area contributed by atoms with E-state index in [0.29, 0.717) is 18.8 Å². The Hall–Kier alpha value is -2.93. The fourth-order valence-electron chi connectivity index (χ4n) is 5.72. The molecule has 1 atom stereocenters. The van der Waals surface area contributed by atoms with E-state index in [1.165, 1.54) is 18.0 Å². The van der Waals surface area contributed by atoms with Crippen LogP contribution in [0.2, 0.25) is 5.02 Å². The third kappa shape index (κ3) is 6.08. The van der Waals surface area contributed by atoms with E-state index in [0.717, 1.165) is 41.8 Å². The van der Waals surface area contributed by atoms with E-state index in [4.69, 9.17) is 16.3 Å². The molecular weight excluding hydrogens is 598 g/mol. The molecule has 0 unspecified atom stereocenters. The number of aromatic nitrogens is 2. The highest BCUT2D eigenvalue weighted by atomic mass is 35.5. The van der Waals surface area contributed by atoms with Crippen molar-refractivity contribution in [2.24, 2.45) is 0 Å². The SMILES string of the molecule is Cc1cc(Nc2ncc(Cl)c(Nc3ccccc3S(=O)(=O)C(C)C)n2)c2c(c1C1CCN(S(C)(=O)=O)CC1)C[C@@H](C)O2. The molecule has 2 N–H and O–H groups in total. The first-order chi connectivity index (χ1) is 19.8. The largest absolute Gasteiger partial charge is 0.488 e. The average molecular weight is 634 g/mol. The van der Waals surface area contributed by atoms with Crippen LogP contribution in [0, 0.1) is 6.92 Å². The number of anilines is 4. The first kappa shape index (κ1) is 30.5. The van der Waals surface area contributed by atoms with E-state index >= 15 is 0 Å². The second kappa shape index (κ2) is 11.6. The number of piperidine rings is 1. The number of rotatable bonds is 8. The lowest BCUT2D eigenvalue weighted by Crippen LogP contribution is -2.37. The fraction of sp³-hybridized carbons (Fsp3) is 0.448. The maximum Gasteiger partial charge on any atom is 0.229 e. The van der Waals surface area contributed by atoms with Crippen molar-refractivity contribution in [3.63, 3.8) is 0 Å². The van der Waals surface area contributed by atoms with Crippen molar-refractivity contribution in [2.45, 2.75) is 69.1 Å². The second-order valence-electron chi connectivity index (χ2n) is 11.3. The van der Waals surface area contributed by atoms with E-state index in [9.17, 15) is 16.8 Å². The summed E-state index contributed by atoms with van der Waals surface area (Å²) in [7, 11) is -6.76. The number of ether oxygens (including phenoxy) is 1. The molecule has 0 bridgehead atoms. The summed E-state index contributed by atoms with van der Waals surface area (Å²) >= 11 is 6.43. The third-order valence-electron chi connectivity index (χ3n) is 7.83. The normalized spacial score (nSPS) is 18.1. The highest BCUT2D eigenvalue weighted by Crippen LogP contribution is 2.46. The molecule has 42 heavy (non-hydrogen) atoms. The topological polar surface area (TPSA) is 131 Å². The number of hydrogen-bond donors (Lipinski definition) is 2. The summed E-state index contributed by atoms with van der Waals surface area (Å²) in [6.45, 7) is 8.37. The molecule has 1 fully saturated rings. The lowest BCUT2D eigenvalue weighted by atomic mass is 9.83. The molecule has 0 saturated carbocycles. The molecule has 2 aliphatic heterocycles. The van der Waals surface area contributed by atoms with Gasteiger partial charge in [-0.2, -0.15) is 4.98 Å². The number of nitrogens with zero attached hydrogens (tertiary/aromatic N) is 3. The van der Waals surface area contributed by atoms with Gasteiger partial charge in [0, 0.05) is 25.1 Å². The maximum atomic E-state index is 12.9. The van der Waals surface area contributed by atoms with Gasteiger partial charge in [-0.25, -0.2) is 26.1 Å². The summed E-state index contributed by atoms with van der Waals surface area (Å²) in [6, 6.07) is 8.67. The molecule has 0 radical (unpaired) electrons. The zero-order valence-corrected chi connectivity index (χ0v) is 26.7. The molecule has 0 aliphatic carbocycles. The van der Waals surface area contributed by atoms with Crippen molar-refractivity contribution < 1.29 is 21.6 Å². The van der Waals surface area contributed by atoms with Gasteiger partial charge in [-0.1, -0.05) is 23.7 Å². The van der Waals surface area contributed by atoms with Gasteiger partial charge in [0.15, 0.2) is 15.7 Å². The van der Waals surface area contributed by atoms with Crippen molar-refractivity contribution in [2.75, 3.05) is 30.0 Å². The van der Waals surface area contributed by atoms with E-state index in [2.05, 4.69) is 27.5 Å². The lowest BCUT2D eigenvalue weighted by molar-refractivity contribution is 0.256. The van der Waals surface area contributed by atoms with Crippen LogP contribution >= 0.6 is 11.6 Å². The minimum Gasteiger partial charge on any atom is -0.488 e. The summed E-state index contributed by atoms with van der Waals surface area (Å²) in [6.07, 6.45) is 4.97. The molecule has 2 aliphatic rings. The Morgan fingerprint density at radius 2 is 1.76 bits per heavy atom. The molecule has 1 saturated heterocycles. The minimum atomic E-state index is -3.55. The summed E-state index contributed by atoms with van der Waals surface area (Å²) in [5.74, 6) is 1.52. The number of hydrogen-bond acceptors (Lipinski definition) is 9. The number of aryl methyl sites for hydroxylation is 1. The number of para-hydroxylation sites is 1. The van der Waals surface area contributed by atoms with Crippen LogP contribution in [0.15, 0.2) is 41.4 Å². The van der Waals surface area contributed by atoms with E-state index in [1.807, 2.05) is 13.0 Å². The molecule has 3 aromatic rings. The molecule has 1 aromatic heterocycles. The minimum absolute atomic E-state index is 0.0139. The smallest absolute Gasteiger partial charge is 0.229 e. The van der Waals surface area contributed by atoms with Gasteiger partial charge in [0.2, 0.25) is 16.0 Å². The number of benzene rings is 2. The van der Waals surface area contributed by atoms with Crippen LogP contribution in [0.1, 0.15) is 56.2 Å². The first-order valence-corrected chi connectivity index (χ1v) is 17.7. The zero-order chi connectivity index (χ0) is 30.4. The van der Waals surface area contributed by atoms with Gasteiger partial charge in [-0.05, 0) is 75.8 Å². The molecule has 2 aromatic carbocycles. The monoisotopic (exact) mass is 633 g/mol. The van der Waals surface area contributed by atoms with E-state index in [1.54, 1.807) is 42.4 Å². The van der Waals surface area contributed by atoms with Crippen molar-refractivity contribution >= 4 is 54.6 Å². The molecule has 0 amide bonds. The van der Waals surface area contributed by atoms with Crippen LogP contribution < -0.4 is 15.4 Å². The Morgan fingerprint density at radius 3 is 2.43 bits per heavy atom. The molecule has 5 rings (SSSR count). The van der Waals surface area contributed by atoms with Crippen molar-refractivity contribution in [3.8, 4) is 5.75 Å². The van der Waals surface area contributed by atoms with Gasteiger partial charge in [-0.15, -0.1) is 0 Å². The van der Waals surface area contributed by atoms with Gasteiger partial charge in [0.1, 0.15) is 16.9 Å². The van der Waals surface area contributed by atoms with Gasteiger partial charge in [0.25, 0.3) is 0 Å². The van der Waals surface area contributed by atoms with Crippen LogP contribution in [0.25, 0.3) is 0 Å². The highest BCUT2D eigenvalue weighted by Gasteiger charge is 2.33. The van der Waals surface area contributed by atoms with Gasteiger partial charge >= 0.3 is 0 Å². The van der Waals surface area contributed by atoms with Crippen LogP contribution in [-0.2, 0) is 26.3 Å². The van der Waals surface area contributed by atoms with Gasteiger partial charge in [-0.3, -0.25) is 0 Å². The third-order valence-corrected chi connectivity index (χ3v) is 11.6. The van der Waals surface area contributed by atoms with E-state index < -0.39 is 25.1 Å².